The Balaban J connectivity index is 1.40. The Labute approximate surface area is 176 Å². The van der Waals surface area contributed by atoms with E-state index in [1.165, 1.54) is 5.56 Å². The number of nitrogens with one attached hydrogen (secondary N) is 2. The zero-order valence-corrected chi connectivity index (χ0v) is 17.5. The van der Waals surface area contributed by atoms with Crippen LogP contribution >= 0.6 is 0 Å². The van der Waals surface area contributed by atoms with Crippen molar-refractivity contribution in [2.75, 3.05) is 32.4 Å². The van der Waals surface area contributed by atoms with Crippen LogP contribution in [-0.4, -0.2) is 60.8 Å². The number of hydrogen-bond acceptors (Lipinski definition) is 4. The number of para-hydroxylation sites is 1. The number of benzene rings is 2. The van der Waals surface area contributed by atoms with Gasteiger partial charge in [0.05, 0.1) is 27.6 Å². The van der Waals surface area contributed by atoms with E-state index < -0.39 is 11.0 Å². The summed E-state index contributed by atoms with van der Waals surface area (Å²) in [4.78, 5) is 25.8. The van der Waals surface area contributed by atoms with Crippen LogP contribution in [0, 0.1) is 0 Å². The number of fused-ring (bicyclic) bond motifs is 2. The molecule has 0 aliphatic carbocycles. The lowest BCUT2D eigenvalue weighted by Gasteiger charge is -2.33. The van der Waals surface area contributed by atoms with Crippen LogP contribution in [0.2, 0.25) is 0 Å². The van der Waals surface area contributed by atoms with Gasteiger partial charge in [-0.3, -0.25) is 9.69 Å². The molecule has 0 amide bonds. The van der Waals surface area contributed by atoms with Gasteiger partial charge in [0.1, 0.15) is 5.82 Å². The molecule has 2 aromatic carbocycles. The Hall–Kier alpha value is -2.81. The molecule has 5 rings (SSSR count). The number of hydrogen-bond donors (Lipinski definition) is 2. The lowest BCUT2D eigenvalue weighted by molar-refractivity contribution is 0.186. The highest BCUT2D eigenvalue weighted by Crippen LogP contribution is 2.22. The number of aromatic amines is 2. The number of pyridine rings is 1. The lowest BCUT2D eigenvalue weighted by atomic mass is 10.1. The molecule has 30 heavy (non-hydrogen) atoms. The van der Waals surface area contributed by atoms with Crippen molar-refractivity contribution in [3.8, 4) is 11.4 Å². The van der Waals surface area contributed by atoms with Crippen LogP contribution in [0.1, 0.15) is 5.56 Å². The van der Waals surface area contributed by atoms with Crippen LogP contribution in [0.5, 0.6) is 0 Å². The van der Waals surface area contributed by atoms with Crippen LogP contribution < -0.4 is 5.56 Å². The molecule has 8 heteroatoms. The average molecular weight is 422 g/mol. The van der Waals surface area contributed by atoms with Gasteiger partial charge in [0.25, 0.3) is 5.56 Å². The number of nitrogens with zero attached hydrogens (tertiary/aromatic N) is 3. The van der Waals surface area contributed by atoms with Crippen molar-refractivity contribution in [3.63, 3.8) is 0 Å². The highest BCUT2D eigenvalue weighted by molar-refractivity contribution is 7.81. The fraction of sp³-hybridized carbons (Fsp3) is 0.273. The van der Waals surface area contributed by atoms with Gasteiger partial charge in [0.2, 0.25) is 0 Å². The van der Waals surface area contributed by atoms with Crippen LogP contribution in [0.3, 0.4) is 0 Å². The predicted molar refractivity (Wildman–Crippen MR) is 121 cm³/mol. The van der Waals surface area contributed by atoms with Gasteiger partial charge in [-0.2, -0.15) is 0 Å². The molecule has 2 N–H and O–H groups in total. The minimum Gasteiger partial charge on any atom is -0.338 e. The second-order valence-corrected chi connectivity index (χ2v) is 9.03. The van der Waals surface area contributed by atoms with E-state index in [1.54, 1.807) is 6.26 Å². The Bertz CT molecular complexity index is 1300. The van der Waals surface area contributed by atoms with Gasteiger partial charge in [-0.25, -0.2) is 13.5 Å². The highest BCUT2D eigenvalue weighted by atomic mass is 32.2. The maximum Gasteiger partial charge on any atom is 0.259 e. The van der Waals surface area contributed by atoms with E-state index in [9.17, 15) is 9.00 Å². The van der Waals surface area contributed by atoms with Gasteiger partial charge in [-0.1, -0.05) is 24.3 Å². The molecular formula is C22H23N5O2S. The summed E-state index contributed by atoms with van der Waals surface area (Å²) in [5.74, 6) is 0.577. The molecule has 3 heterocycles. The summed E-state index contributed by atoms with van der Waals surface area (Å²) >= 11 is 0. The van der Waals surface area contributed by atoms with Gasteiger partial charge in [0, 0.05) is 44.5 Å². The number of aromatic nitrogens is 3. The summed E-state index contributed by atoms with van der Waals surface area (Å²) in [6.45, 7) is 4.29. The average Bonchev–Trinajstić information content (AvgIpc) is 3.16. The molecule has 4 aromatic rings. The van der Waals surface area contributed by atoms with Gasteiger partial charge in [-0.15, -0.1) is 0 Å². The van der Waals surface area contributed by atoms with Gasteiger partial charge in [0.15, 0.2) is 0 Å². The number of rotatable bonds is 4. The van der Waals surface area contributed by atoms with Crippen LogP contribution in [-0.2, 0) is 17.5 Å². The summed E-state index contributed by atoms with van der Waals surface area (Å²) in [6, 6.07) is 15.8. The van der Waals surface area contributed by atoms with Crippen molar-refractivity contribution in [1.29, 1.82) is 0 Å². The molecule has 0 radical (unpaired) electrons. The van der Waals surface area contributed by atoms with Gasteiger partial charge < -0.3 is 9.97 Å². The van der Waals surface area contributed by atoms with E-state index in [1.807, 2.05) is 40.7 Å². The highest BCUT2D eigenvalue weighted by Gasteiger charge is 2.19. The van der Waals surface area contributed by atoms with Crippen molar-refractivity contribution in [1.82, 2.24) is 24.2 Å². The van der Waals surface area contributed by atoms with Gasteiger partial charge >= 0.3 is 0 Å². The molecule has 2 aromatic heterocycles. The zero-order chi connectivity index (χ0) is 20.7. The molecule has 1 aliphatic heterocycles. The number of H-pyrrole nitrogens is 2. The van der Waals surface area contributed by atoms with Crippen LogP contribution in [0.15, 0.2) is 53.3 Å². The minimum absolute atomic E-state index is 0.154. The minimum atomic E-state index is -0.893. The lowest BCUT2D eigenvalue weighted by Crippen LogP contribution is -2.46. The van der Waals surface area contributed by atoms with Crippen molar-refractivity contribution < 1.29 is 4.21 Å². The molecule has 7 nitrogen and oxygen atoms in total. The smallest absolute Gasteiger partial charge is 0.259 e. The van der Waals surface area contributed by atoms with Crippen LogP contribution in [0.25, 0.3) is 33.3 Å². The molecule has 0 spiro atoms. The molecule has 0 bridgehead atoms. The Morgan fingerprint density at radius 2 is 1.80 bits per heavy atom. The van der Waals surface area contributed by atoms with Crippen molar-refractivity contribution in [3.05, 3.63) is 64.4 Å². The van der Waals surface area contributed by atoms with E-state index >= 15 is 0 Å². The Kier molecular flexibility index (Phi) is 4.98. The zero-order valence-electron chi connectivity index (χ0n) is 16.7. The molecular weight excluding hydrogens is 398 g/mol. The normalized spacial score (nSPS) is 17.0. The summed E-state index contributed by atoms with van der Waals surface area (Å²) in [5.41, 5.74) is 4.15. The molecule has 1 saturated heterocycles. The number of piperazine rings is 1. The van der Waals surface area contributed by atoms with E-state index in [4.69, 9.17) is 0 Å². The third kappa shape index (κ3) is 3.69. The first-order valence-corrected chi connectivity index (χ1v) is 11.5. The third-order valence-corrected chi connectivity index (χ3v) is 6.75. The van der Waals surface area contributed by atoms with E-state index in [0.717, 1.165) is 54.7 Å². The summed E-state index contributed by atoms with van der Waals surface area (Å²) < 4.78 is 13.6. The number of imidazole rings is 1. The van der Waals surface area contributed by atoms with E-state index in [0.29, 0.717) is 11.4 Å². The molecule has 154 valence electrons. The molecule has 1 aliphatic rings. The monoisotopic (exact) mass is 421 g/mol. The second kappa shape index (κ2) is 7.79. The Morgan fingerprint density at radius 1 is 1.00 bits per heavy atom. The first kappa shape index (κ1) is 19.2. The second-order valence-electron chi connectivity index (χ2n) is 7.67. The standard InChI is InChI=1S/C22H23N5O2S/c1-30(29)27-10-8-26(9-11-27)14-15-6-7-19-20(12-15)24-21(23-19)17-13-16-4-2-3-5-18(16)25-22(17)28/h2-7,12-13H,8-11,14H2,1H3,(H,23,24)(H,25,28). The molecule has 1 atom stereocenters. The largest absolute Gasteiger partial charge is 0.338 e. The fourth-order valence-corrected chi connectivity index (χ4v) is 4.69. The van der Waals surface area contributed by atoms with Gasteiger partial charge in [-0.05, 0) is 35.2 Å². The van der Waals surface area contributed by atoms with E-state index in [-0.39, 0.29) is 5.56 Å². The maximum absolute atomic E-state index is 12.6. The predicted octanol–water partition coefficient (Wildman–Crippen LogP) is 2.48. The maximum atomic E-state index is 12.6. The summed E-state index contributed by atoms with van der Waals surface area (Å²) in [5, 5.41) is 0.973. The molecule has 1 fully saturated rings. The molecule has 0 saturated carbocycles. The first-order chi connectivity index (χ1) is 14.6. The first-order valence-electron chi connectivity index (χ1n) is 9.99. The molecule has 1 unspecified atom stereocenters. The quantitative estimate of drug-likeness (QED) is 0.530. The van der Waals surface area contributed by atoms with E-state index in [2.05, 4.69) is 32.0 Å². The van der Waals surface area contributed by atoms with Crippen molar-refractivity contribution in [2.24, 2.45) is 0 Å². The third-order valence-electron chi connectivity index (χ3n) is 5.66. The summed E-state index contributed by atoms with van der Waals surface area (Å²) in [6.07, 6.45) is 1.74. The summed E-state index contributed by atoms with van der Waals surface area (Å²) in [7, 11) is -0.893. The van der Waals surface area contributed by atoms with Crippen molar-refractivity contribution >= 4 is 32.9 Å². The Morgan fingerprint density at radius 3 is 2.60 bits per heavy atom. The topological polar surface area (TPSA) is 85.1 Å². The fourth-order valence-electron chi connectivity index (χ4n) is 4.01. The van der Waals surface area contributed by atoms with Crippen LogP contribution in [0.4, 0.5) is 0 Å². The van der Waals surface area contributed by atoms with Crippen molar-refractivity contribution in [2.45, 2.75) is 6.54 Å². The SMILES string of the molecule is CS(=O)N1CCN(Cc2ccc3nc(-c4cc5ccccc5[nH]c4=O)[nH]c3c2)CC1.